The monoisotopic (exact) mass is 286 g/mol. The number of nitrogens with one attached hydrogen (secondary N) is 1. The third kappa shape index (κ3) is 2.67. The van der Waals surface area contributed by atoms with Crippen molar-refractivity contribution in [2.45, 2.75) is 26.8 Å². The fourth-order valence-electron chi connectivity index (χ4n) is 2.38. The number of anilines is 2. The van der Waals surface area contributed by atoms with Gasteiger partial charge in [-0.2, -0.15) is 5.10 Å². The highest BCUT2D eigenvalue weighted by Gasteiger charge is 2.09. The number of hydrogen-bond acceptors (Lipinski definition) is 6. The van der Waals surface area contributed by atoms with Crippen LogP contribution >= 0.6 is 0 Å². The van der Waals surface area contributed by atoms with Crippen LogP contribution in [-0.2, 0) is 6.54 Å². The smallest absolute Gasteiger partial charge is 0.160 e. The highest BCUT2D eigenvalue weighted by Crippen LogP contribution is 2.24. The van der Waals surface area contributed by atoms with Crippen molar-refractivity contribution in [3.63, 3.8) is 0 Å². The van der Waals surface area contributed by atoms with Gasteiger partial charge in [-0.15, -0.1) is 0 Å². The van der Waals surface area contributed by atoms with Crippen LogP contribution in [0, 0.1) is 13.8 Å². The number of aromatic nitrogens is 4. The van der Waals surface area contributed by atoms with Crippen LogP contribution in [0.5, 0.6) is 0 Å². The van der Waals surface area contributed by atoms with Crippen LogP contribution in [0.15, 0.2) is 22.8 Å². The summed E-state index contributed by atoms with van der Waals surface area (Å²) in [4.78, 5) is 0. The van der Waals surface area contributed by atoms with Crippen LogP contribution in [0.1, 0.15) is 17.8 Å². The Balaban J connectivity index is 1.61. The lowest BCUT2D eigenvalue weighted by atomic mass is 10.2. The molecular weight excluding hydrogens is 268 g/mol. The van der Waals surface area contributed by atoms with Crippen molar-refractivity contribution < 1.29 is 4.63 Å². The van der Waals surface area contributed by atoms with Crippen molar-refractivity contribution >= 4 is 22.4 Å². The van der Waals surface area contributed by atoms with Gasteiger partial charge in [0.05, 0.1) is 17.1 Å². The van der Waals surface area contributed by atoms with Gasteiger partial charge in [-0.3, -0.25) is 4.68 Å². The Morgan fingerprint density at radius 3 is 2.81 bits per heavy atom. The Bertz CT molecular complexity index is 760. The van der Waals surface area contributed by atoms with Crippen LogP contribution in [0.2, 0.25) is 0 Å². The predicted octanol–water partition coefficient (Wildman–Crippen LogP) is 2.12. The second-order valence-corrected chi connectivity index (χ2v) is 5.09. The number of nitrogens with two attached hydrogens (primary N) is 1. The summed E-state index contributed by atoms with van der Waals surface area (Å²) in [5.74, 6) is 0. The average Bonchev–Trinajstić information content (AvgIpc) is 3.05. The molecule has 7 nitrogen and oxygen atoms in total. The normalized spacial score (nSPS) is 11.1. The molecule has 0 saturated carbocycles. The van der Waals surface area contributed by atoms with Crippen LogP contribution in [-0.4, -0.2) is 26.6 Å². The van der Waals surface area contributed by atoms with Gasteiger partial charge in [0.1, 0.15) is 0 Å². The molecule has 0 amide bonds. The molecule has 7 heteroatoms. The molecule has 0 aliphatic carbocycles. The molecule has 3 rings (SSSR count). The minimum absolute atomic E-state index is 0.569. The Kier molecular flexibility index (Phi) is 3.47. The maximum Gasteiger partial charge on any atom is 0.160 e. The van der Waals surface area contributed by atoms with Gasteiger partial charge >= 0.3 is 0 Å². The molecule has 110 valence electrons. The van der Waals surface area contributed by atoms with E-state index < -0.39 is 0 Å². The highest BCUT2D eigenvalue weighted by molar-refractivity contribution is 5.94. The molecule has 0 aliphatic heterocycles. The van der Waals surface area contributed by atoms with Crippen molar-refractivity contribution in [1.82, 2.24) is 20.1 Å². The van der Waals surface area contributed by atoms with E-state index in [1.54, 1.807) is 6.07 Å². The van der Waals surface area contributed by atoms with Gasteiger partial charge in [0.2, 0.25) is 0 Å². The fourth-order valence-corrected chi connectivity index (χ4v) is 2.38. The first-order chi connectivity index (χ1) is 10.1. The standard InChI is InChI=1S/C14H18N6O/c1-9-8-10(2)20(17-9)7-3-6-16-12-5-4-11(15)13-14(12)19-21-18-13/h4-5,8,16H,3,6-7,15H2,1-2H3. The van der Waals surface area contributed by atoms with Crippen molar-refractivity contribution in [2.75, 3.05) is 17.6 Å². The molecular formula is C14H18N6O. The summed E-state index contributed by atoms with van der Waals surface area (Å²) >= 11 is 0. The van der Waals surface area contributed by atoms with Gasteiger partial charge in [-0.1, -0.05) is 0 Å². The molecule has 2 aromatic heterocycles. The maximum atomic E-state index is 5.82. The molecule has 3 aromatic rings. The molecule has 0 saturated heterocycles. The second kappa shape index (κ2) is 5.43. The number of fused-ring (bicyclic) bond motifs is 1. The van der Waals surface area contributed by atoms with Crippen LogP contribution < -0.4 is 11.1 Å². The first-order valence-corrected chi connectivity index (χ1v) is 6.91. The van der Waals surface area contributed by atoms with Gasteiger partial charge in [-0.25, -0.2) is 4.63 Å². The molecule has 1 aromatic carbocycles. The second-order valence-electron chi connectivity index (χ2n) is 5.09. The van der Waals surface area contributed by atoms with E-state index in [2.05, 4.69) is 33.7 Å². The quantitative estimate of drug-likeness (QED) is 0.551. The fraction of sp³-hybridized carbons (Fsp3) is 0.357. The largest absolute Gasteiger partial charge is 0.397 e. The van der Waals surface area contributed by atoms with E-state index in [-0.39, 0.29) is 0 Å². The van der Waals surface area contributed by atoms with Gasteiger partial charge in [0, 0.05) is 18.8 Å². The van der Waals surface area contributed by atoms with Crippen molar-refractivity contribution in [3.05, 3.63) is 29.6 Å². The molecule has 0 atom stereocenters. The third-order valence-corrected chi connectivity index (χ3v) is 3.41. The number of rotatable bonds is 5. The summed E-state index contributed by atoms with van der Waals surface area (Å²) in [5.41, 5.74) is 10.8. The van der Waals surface area contributed by atoms with Crippen molar-refractivity contribution in [2.24, 2.45) is 0 Å². The summed E-state index contributed by atoms with van der Waals surface area (Å²) in [7, 11) is 0. The summed E-state index contributed by atoms with van der Waals surface area (Å²) in [6, 6.07) is 5.78. The first-order valence-electron chi connectivity index (χ1n) is 6.91. The Labute approximate surface area is 122 Å². The van der Waals surface area contributed by atoms with E-state index in [0.717, 1.165) is 30.9 Å². The Morgan fingerprint density at radius 2 is 2.05 bits per heavy atom. The number of nitrogens with zero attached hydrogens (tertiary/aromatic N) is 4. The van der Waals surface area contributed by atoms with Crippen LogP contribution in [0.3, 0.4) is 0 Å². The summed E-state index contributed by atoms with van der Waals surface area (Å²) in [6.45, 7) is 5.76. The molecule has 0 spiro atoms. The average molecular weight is 286 g/mol. The number of benzene rings is 1. The number of hydrogen-bond donors (Lipinski definition) is 2. The first kappa shape index (κ1) is 13.4. The van der Waals surface area contributed by atoms with Gasteiger partial charge in [0.25, 0.3) is 0 Å². The van der Waals surface area contributed by atoms with Gasteiger partial charge < -0.3 is 11.1 Å². The van der Waals surface area contributed by atoms with E-state index >= 15 is 0 Å². The topological polar surface area (TPSA) is 94.8 Å². The molecule has 0 fully saturated rings. The summed E-state index contributed by atoms with van der Waals surface area (Å²) in [6.07, 6.45) is 0.957. The zero-order valence-corrected chi connectivity index (χ0v) is 12.1. The highest BCUT2D eigenvalue weighted by atomic mass is 16.6. The Hall–Kier alpha value is -2.57. The maximum absolute atomic E-state index is 5.82. The summed E-state index contributed by atoms with van der Waals surface area (Å²) in [5, 5.41) is 15.5. The third-order valence-electron chi connectivity index (χ3n) is 3.41. The molecule has 0 aliphatic rings. The van der Waals surface area contributed by atoms with Crippen LogP contribution in [0.4, 0.5) is 11.4 Å². The molecule has 21 heavy (non-hydrogen) atoms. The van der Waals surface area contributed by atoms with Crippen molar-refractivity contribution in [1.29, 1.82) is 0 Å². The van der Waals surface area contributed by atoms with Gasteiger partial charge in [-0.05, 0) is 48.8 Å². The predicted molar refractivity (Wildman–Crippen MR) is 81.0 cm³/mol. The summed E-state index contributed by atoms with van der Waals surface area (Å²) < 4.78 is 6.77. The van der Waals surface area contributed by atoms with E-state index in [0.29, 0.717) is 16.7 Å². The lowest BCUT2D eigenvalue weighted by Gasteiger charge is -2.08. The Morgan fingerprint density at radius 1 is 1.24 bits per heavy atom. The molecule has 0 bridgehead atoms. The van der Waals surface area contributed by atoms with E-state index in [1.807, 2.05) is 17.7 Å². The zero-order valence-electron chi connectivity index (χ0n) is 12.1. The van der Waals surface area contributed by atoms with E-state index in [1.165, 1.54) is 5.69 Å². The molecule has 3 N–H and O–H groups in total. The van der Waals surface area contributed by atoms with Gasteiger partial charge in [0.15, 0.2) is 11.0 Å². The molecule has 2 heterocycles. The van der Waals surface area contributed by atoms with E-state index in [9.17, 15) is 0 Å². The number of aryl methyl sites for hydroxylation is 3. The minimum atomic E-state index is 0.569. The molecule has 0 radical (unpaired) electrons. The van der Waals surface area contributed by atoms with Crippen molar-refractivity contribution in [3.8, 4) is 0 Å². The lowest BCUT2D eigenvalue weighted by molar-refractivity contribution is 0.315. The van der Waals surface area contributed by atoms with Crippen LogP contribution in [0.25, 0.3) is 11.0 Å². The number of nitrogen functional groups attached to an aromatic ring is 1. The minimum Gasteiger partial charge on any atom is -0.397 e. The lowest BCUT2D eigenvalue weighted by Crippen LogP contribution is -2.09. The molecule has 0 unspecified atom stereocenters. The zero-order chi connectivity index (χ0) is 14.8. The van der Waals surface area contributed by atoms with E-state index in [4.69, 9.17) is 10.4 Å². The SMILES string of the molecule is Cc1cc(C)n(CCCNc2ccc(N)c3nonc23)n1.